The molecule has 0 aromatic heterocycles. The van der Waals surface area contributed by atoms with Gasteiger partial charge in [-0.25, -0.2) is 9.59 Å². The molecule has 3 amide bonds. The first-order valence-corrected chi connectivity index (χ1v) is 12.7. The summed E-state index contributed by atoms with van der Waals surface area (Å²) < 4.78 is 0. The van der Waals surface area contributed by atoms with E-state index in [0.29, 0.717) is 5.02 Å². The predicted octanol–water partition coefficient (Wildman–Crippen LogP) is 3.21. The Morgan fingerprint density at radius 1 is 0.872 bits per heavy atom. The summed E-state index contributed by atoms with van der Waals surface area (Å²) >= 11 is 18.3. The number of carboxylic acids is 1. The molecule has 0 radical (unpaired) electrons. The van der Waals surface area contributed by atoms with Crippen LogP contribution in [0.25, 0.3) is 10.8 Å². The average molecular weight is 591 g/mol. The summed E-state index contributed by atoms with van der Waals surface area (Å²) in [6.45, 7) is 0. The molecule has 39 heavy (non-hydrogen) atoms. The first-order valence-electron chi connectivity index (χ1n) is 11.5. The Morgan fingerprint density at radius 3 is 2.00 bits per heavy atom. The standard InChI is InChI=1S/C26H24Cl3N3O4.Li.2H2O/c27-17-12-19(28)23(20(29)13-17)32-26(36)30-21-11-16-9-5-4-8-15(16)10-18(21)24(33)31-22(25(34)35)14-6-2-1-3-7-14;;;/h4-5,8-14,22H,1-3,6-7H2,(H,31,33)(H,34,35)(H2,30,32,36);;2*1H2/q;+1;;/p-1/t22-;;;/m0.../s1. The Kier molecular flexibility index (Phi) is 13.6. The third-order valence-electron chi connectivity index (χ3n) is 6.30. The molecule has 1 atom stereocenters. The van der Waals surface area contributed by atoms with Crippen molar-refractivity contribution in [1.82, 2.24) is 5.32 Å². The average Bonchev–Trinajstić information content (AvgIpc) is 2.84. The number of anilines is 2. The van der Waals surface area contributed by atoms with Crippen LogP contribution < -0.4 is 34.8 Å². The molecule has 9 nitrogen and oxygen atoms in total. The molecule has 1 aliphatic carbocycles. The topological polar surface area (TPSA) is 169 Å². The van der Waals surface area contributed by atoms with Gasteiger partial charge in [0, 0.05) is 5.02 Å². The van der Waals surface area contributed by atoms with Gasteiger partial charge in [0.2, 0.25) is 0 Å². The van der Waals surface area contributed by atoms with E-state index in [4.69, 9.17) is 34.8 Å². The minimum atomic E-state index is -1.07. The number of amides is 3. The van der Waals surface area contributed by atoms with Crippen molar-refractivity contribution in [1.29, 1.82) is 0 Å². The van der Waals surface area contributed by atoms with Crippen LogP contribution in [-0.4, -0.2) is 40.0 Å². The normalized spacial score (nSPS) is 13.6. The molecule has 0 saturated heterocycles. The molecule has 204 valence electrons. The van der Waals surface area contributed by atoms with Crippen molar-refractivity contribution in [3.8, 4) is 0 Å². The number of urea groups is 1. The second-order valence-electron chi connectivity index (χ2n) is 8.76. The number of carbonyl (C=O) groups excluding carboxylic acids is 2. The largest absolute Gasteiger partial charge is 1.00 e. The number of benzene rings is 3. The van der Waals surface area contributed by atoms with Crippen molar-refractivity contribution in [3.05, 3.63) is 69.2 Å². The Balaban J connectivity index is 0.00000253. The second-order valence-corrected chi connectivity index (χ2v) is 10.0. The number of fused-ring (bicyclic) bond motifs is 1. The quantitative estimate of drug-likeness (QED) is 0.323. The summed E-state index contributed by atoms with van der Waals surface area (Å²) in [6.07, 6.45) is 4.41. The molecule has 3 aromatic rings. The molecule has 4 rings (SSSR count). The maximum Gasteiger partial charge on any atom is 1.00 e. The van der Waals surface area contributed by atoms with Gasteiger partial charge >= 0.3 is 30.9 Å². The van der Waals surface area contributed by atoms with Gasteiger partial charge in [-0.15, -0.1) is 0 Å². The molecule has 1 saturated carbocycles. The number of hydrogen-bond acceptors (Lipinski definition) is 4. The van der Waals surface area contributed by atoms with Gasteiger partial charge in [-0.3, -0.25) is 4.79 Å². The zero-order chi connectivity index (χ0) is 25.8. The number of nitrogens with one attached hydrogen (secondary N) is 3. The third kappa shape index (κ3) is 8.50. The zero-order valence-electron chi connectivity index (χ0n) is 21.1. The van der Waals surface area contributed by atoms with Crippen molar-refractivity contribution >= 4 is 74.9 Å². The van der Waals surface area contributed by atoms with Crippen LogP contribution in [0.1, 0.15) is 42.5 Å². The van der Waals surface area contributed by atoms with Crippen molar-refractivity contribution in [2.45, 2.75) is 38.1 Å². The number of carbonyl (C=O) groups is 3. The number of carboxylic acid groups (broad SMARTS) is 1. The van der Waals surface area contributed by atoms with Gasteiger partial charge in [-0.1, -0.05) is 78.3 Å². The molecule has 0 aliphatic heterocycles. The number of aliphatic carboxylic acids is 1. The van der Waals surface area contributed by atoms with Gasteiger partial charge < -0.3 is 32.0 Å². The van der Waals surface area contributed by atoms with Gasteiger partial charge in [-0.05, 0) is 53.8 Å². The van der Waals surface area contributed by atoms with Crippen LogP contribution in [0.4, 0.5) is 16.2 Å². The minimum absolute atomic E-state index is 0. The first kappa shape index (κ1) is 34.5. The summed E-state index contributed by atoms with van der Waals surface area (Å²) in [4.78, 5) is 38.2. The Labute approximate surface area is 252 Å². The van der Waals surface area contributed by atoms with Crippen molar-refractivity contribution in [2.75, 3.05) is 10.6 Å². The maximum atomic E-state index is 13.3. The SMILES string of the molecule is O.O=C(Nc1cc2ccccc2cc1C(=O)N[C@H](C(=O)O)C1CCCCC1)Nc1c(Cl)cc(Cl)cc1Cl.[Li+].[OH-]. The van der Waals surface area contributed by atoms with Gasteiger partial charge in [0.25, 0.3) is 5.91 Å². The molecule has 0 heterocycles. The number of hydrogen-bond donors (Lipinski definition) is 4. The van der Waals surface area contributed by atoms with E-state index >= 15 is 0 Å². The summed E-state index contributed by atoms with van der Waals surface area (Å²) in [7, 11) is 0. The van der Waals surface area contributed by atoms with E-state index in [9.17, 15) is 19.5 Å². The van der Waals surface area contributed by atoms with Crippen LogP contribution in [0, 0.1) is 5.92 Å². The van der Waals surface area contributed by atoms with Crippen LogP contribution in [0.3, 0.4) is 0 Å². The van der Waals surface area contributed by atoms with Crippen LogP contribution >= 0.6 is 34.8 Å². The summed E-state index contributed by atoms with van der Waals surface area (Å²) in [5.74, 6) is -1.80. The number of halogens is 3. The molecule has 1 fully saturated rings. The molecule has 0 unspecified atom stereocenters. The molecule has 0 bridgehead atoms. The van der Waals surface area contributed by atoms with E-state index in [0.717, 1.165) is 42.9 Å². The fourth-order valence-corrected chi connectivity index (χ4v) is 5.44. The number of rotatable bonds is 6. The maximum absolute atomic E-state index is 13.3. The van der Waals surface area contributed by atoms with E-state index in [1.807, 2.05) is 24.3 Å². The van der Waals surface area contributed by atoms with Crippen LogP contribution in [0.15, 0.2) is 48.5 Å². The van der Waals surface area contributed by atoms with E-state index in [2.05, 4.69) is 16.0 Å². The second kappa shape index (κ2) is 15.3. The first-order chi connectivity index (χ1) is 17.2. The minimum Gasteiger partial charge on any atom is -0.870 e. The Hall–Kier alpha value is -2.48. The molecular formula is C26H27Cl3LiN3O6. The van der Waals surface area contributed by atoms with Gasteiger partial charge in [0.05, 0.1) is 27.0 Å². The van der Waals surface area contributed by atoms with Gasteiger partial charge in [-0.2, -0.15) is 0 Å². The van der Waals surface area contributed by atoms with Gasteiger partial charge in [0.15, 0.2) is 0 Å². The summed E-state index contributed by atoms with van der Waals surface area (Å²) in [5.41, 5.74) is 0.507. The fraction of sp³-hybridized carbons (Fsp3) is 0.269. The van der Waals surface area contributed by atoms with E-state index in [1.165, 1.54) is 12.1 Å². The molecule has 3 aromatic carbocycles. The summed E-state index contributed by atoms with van der Waals surface area (Å²) in [6, 6.07) is 11.8. The smallest absolute Gasteiger partial charge is 0.870 e. The van der Waals surface area contributed by atoms with Crippen LogP contribution in [0.5, 0.6) is 0 Å². The molecular weight excluding hydrogens is 564 g/mol. The van der Waals surface area contributed by atoms with Crippen molar-refractivity contribution in [2.24, 2.45) is 5.92 Å². The van der Waals surface area contributed by atoms with E-state index in [-0.39, 0.29) is 62.7 Å². The van der Waals surface area contributed by atoms with Crippen LogP contribution in [0.2, 0.25) is 15.1 Å². The molecule has 13 heteroatoms. The predicted molar refractivity (Wildman–Crippen MR) is 149 cm³/mol. The molecule has 1 aliphatic rings. The monoisotopic (exact) mass is 589 g/mol. The van der Waals surface area contributed by atoms with Crippen molar-refractivity contribution in [3.63, 3.8) is 0 Å². The molecule has 7 N–H and O–H groups in total. The van der Waals surface area contributed by atoms with E-state index in [1.54, 1.807) is 12.1 Å². The Morgan fingerprint density at radius 2 is 1.44 bits per heavy atom. The Bertz CT molecular complexity index is 1310. The zero-order valence-corrected chi connectivity index (χ0v) is 23.3. The summed E-state index contributed by atoms with van der Waals surface area (Å²) in [5, 5.41) is 19.9. The fourth-order valence-electron chi connectivity index (χ4n) is 4.53. The van der Waals surface area contributed by atoms with E-state index < -0.39 is 23.9 Å². The van der Waals surface area contributed by atoms with Gasteiger partial charge in [0.1, 0.15) is 6.04 Å². The van der Waals surface area contributed by atoms with Crippen molar-refractivity contribution < 1.29 is 49.3 Å². The molecule has 0 spiro atoms. The van der Waals surface area contributed by atoms with Crippen LogP contribution in [-0.2, 0) is 4.79 Å². The third-order valence-corrected chi connectivity index (χ3v) is 7.11.